The Kier molecular flexibility index (Phi) is 8.23. The molecule has 2 aliphatic heterocycles. The Morgan fingerprint density at radius 3 is 2.86 bits per heavy atom. The summed E-state index contributed by atoms with van der Waals surface area (Å²) in [6.07, 6.45) is 13.3. The van der Waals surface area contributed by atoms with Crippen LogP contribution in [0.1, 0.15) is 85.5 Å². The number of nitriles is 1. The summed E-state index contributed by atoms with van der Waals surface area (Å²) in [6, 6.07) is 2.64. The average molecular weight is 498 g/mol. The molecule has 0 saturated heterocycles. The summed E-state index contributed by atoms with van der Waals surface area (Å²) in [5.74, 6) is 1.14. The van der Waals surface area contributed by atoms with Crippen LogP contribution in [0.2, 0.25) is 0 Å². The van der Waals surface area contributed by atoms with Crippen molar-refractivity contribution < 1.29 is 9.53 Å². The third-order valence-corrected chi connectivity index (χ3v) is 9.14. The standard InChI is InChI=1S/C29H40ClN3O2/c1-5-26-24(16-21-9-10-22(18-31)27(30)19(21)2)28(34)29(3,4)33(26)14-7-15-35-23-12-11-20-8-6-13-32-25(20)17-23/h10,13,20-21,23,25H,5-9,11-12,14-17H2,1-4H3. The number of Topliss-reactive ketones (excluding diaryl/α,β-unsaturated/α-hetero) is 1. The third kappa shape index (κ3) is 5.30. The molecule has 2 aliphatic carbocycles. The van der Waals surface area contributed by atoms with Gasteiger partial charge in [-0.2, -0.15) is 5.26 Å². The van der Waals surface area contributed by atoms with Crippen molar-refractivity contribution in [2.45, 2.75) is 103 Å². The molecule has 1 saturated carbocycles. The first-order valence-electron chi connectivity index (χ1n) is 13.4. The molecule has 5 nitrogen and oxygen atoms in total. The van der Waals surface area contributed by atoms with Crippen LogP contribution < -0.4 is 0 Å². The van der Waals surface area contributed by atoms with E-state index in [1.54, 1.807) is 0 Å². The number of ether oxygens (including phenoxy) is 1. The molecule has 0 aromatic rings. The normalized spacial score (nSPS) is 30.5. The number of carbonyl (C=O) groups is 1. The highest BCUT2D eigenvalue weighted by Crippen LogP contribution is 2.42. The van der Waals surface area contributed by atoms with Gasteiger partial charge in [0.05, 0.1) is 28.3 Å². The van der Waals surface area contributed by atoms with Gasteiger partial charge < -0.3 is 9.64 Å². The number of hydrogen-bond acceptors (Lipinski definition) is 5. The number of aliphatic imine (C=N–C) groups is 1. The molecule has 35 heavy (non-hydrogen) atoms. The maximum Gasteiger partial charge on any atom is 0.185 e. The van der Waals surface area contributed by atoms with Crippen LogP contribution in [-0.2, 0) is 9.53 Å². The van der Waals surface area contributed by atoms with Gasteiger partial charge in [-0.15, -0.1) is 0 Å². The Balaban J connectivity index is 1.37. The van der Waals surface area contributed by atoms with E-state index in [0.29, 0.717) is 29.2 Å². The minimum absolute atomic E-state index is 0.164. The summed E-state index contributed by atoms with van der Waals surface area (Å²) in [4.78, 5) is 20.6. The summed E-state index contributed by atoms with van der Waals surface area (Å²) >= 11 is 6.45. The molecular weight excluding hydrogens is 458 g/mol. The molecule has 4 aliphatic rings. The fourth-order valence-corrected chi connectivity index (χ4v) is 6.74. The van der Waals surface area contributed by atoms with E-state index in [2.05, 4.69) is 24.1 Å². The van der Waals surface area contributed by atoms with Crippen molar-refractivity contribution in [3.8, 4) is 6.07 Å². The lowest BCUT2D eigenvalue weighted by Gasteiger charge is -2.36. The van der Waals surface area contributed by atoms with Gasteiger partial charge in [0.2, 0.25) is 0 Å². The molecule has 0 aromatic carbocycles. The van der Waals surface area contributed by atoms with Gasteiger partial charge in [-0.3, -0.25) is 9.79 Å². The van der Waals surface area contributed by atoms with E-state index < -0.39 is 5.54 Å². The van der Waals surface area contributed by atoms with Crippen molar-refractivity contribution in [1.29, 1.82) is 5.26 Å². The molecule has 0 aromatic heterocycles. The predicted octanol–water partition coefficient (Wildman–Crippen LogP) is 6.50. The number of nitrogens with zero attached hydrogens (tertiary/aromatic N) is 3. The van der Waals surface area contributed by atoms with E-state index in [-0.39, 0.29) is 11.7 Å². The van der Waals surface area contributed by atoms with E-state index in [9.17, 15) is 10.1 Å². The van der Waals surface area contributed by atoms with Crippen LogP contribution in [0.25, 0.3) is 0 Å². The Morgan fingerprint density at radius 2 is 2.11 bits per heavy atom. The molecular formula is C29H40ClN3O2. The van der Waals surface area contributed by atoms with E-state index >= 15 is 0 Å². The van der Waals surface area contributed by atoms with E-state index in [0.717, 1.165) is 74.4 Å². The van der Waals surface area contributed by atoms with Crippen molar-refractivity contribution in [1.82, 2.24) is 4.90 Å². The Morgan fingerprint density at radius 1 is 1.31 bits per heavy atom. The number of hydrogen-bond donors (Lipinski definition) is 0. The Bertz CT molecular complexity index is 1000. The molecule has 2 heterocycles. The lowest BCUT2D eigenvalue weighted by atomic mass is 9.79. The van der Waals surface area contributed by atoms with Crippen molar-refractivity contribution in [3.05, 3.63) is 33.5 Å². The topological polar surface area (TPSA) is 65.7 Å². The van der Waals surface area contributed by atoms with Gasteiger partial charge in [0.25, 0.3) is 0 Å². The van der Waals surface area contributed by atoms with Crippen LogP contribution in [0.3, 0.4) is 0 Å². The van der Waals surface area contributed by atoms with Crippen LogP contribution in [0.15, 0.2) is 38.5 Å². The summed E-state index contributed by atoms with van der Waals surface area (Å²) in [7, 11) is 0. The SMILES string of the molecule is CCC1=C(CC2CC=C(C#N)C(Cl)=C2C)C(=O)C(C)(C)N1CCCOC1CCC2CCC=NC2C1. The minimum Gasteiger partial charge on any atom is -0.378 e. The van der Waals surface area contributed by atoms with Crippen LogP contribution in [-0.4, -0.2) is 47.7 Å². The second kappa shape index (κ2) is 11.0. The zero-order valence-corrected chi connectivity index (χ0v) is 22.5. The number of ketones is 1. The predicted molar refractivity (Wildman–Crippen MR) is 141 cm³/mol. The molecule has 4 atom stereocenters. The van der Waals surface area contributed by atoms with Crippen LogP contribution in [0, 0.1) is 23.2 Å². The molecule has 4 rings (SSSR count). The quantitative estimate of drug-likeness (QED) is 0.359. The van der Waals surface area contributed by atoms with Gasteiger partial charge in [-0.25, -0.2) is 0 Å². The van der Waals surface area contributed by atoms with Crippen LogP contribution in [0.5, 0.6) is 0 Å². The van der Waals surface area contributed by atoms with Gasteiger partial charge in [0.15, 0.2) is 5.78 Å². The van der Waals surface area contributed by atoms with E-state index in [1.807, 2.05) is 26.8 Å². The van der Waals surface area contributed by atoms with Crippen LogP contribution >= 0.6 is 11.6 Å². The molecule has 0 amide bonds. The lowest BCUT2D eigenvalue weighted by molar-refractivity contribution is -0.122. The van der Waals surface area contributed by atoms with Gasteiger partial charge in [0, 0.05) is 24.4 Å². The zero-order chi connectivity index (χ0) is 25.2. The van der Waals surface area contributed by atoms with Crippen LogP contribution in [0.4, 0.5) is 0 Å². The molecule has 4 unspecified atom stereocenters. The highest BCUT2D eigenvalue weighted by molar-refractivity contribution is 6.33. The summed E-state index contributed by atoms with van der Waals surface area (Å²) in [6.45, 7) is 9.77. The molecule has 1 fully saturated rings. The smallest absolute Gasteiger partial charge is 0.185 e. The largest absolute Gasteiger partial charge is 0.378 e. The highest BCUT2D eigenvalue weighted by Gasteiger charge is 2.45. The number of fused-ring (bicyclic) bond motifs is 1. The van der Waals surface area contributed by atoms with E-state index in [1.165, 1.54) is 12.8 Å². The van der Waals surface area contributed by atoms with Crippen molar-refractivity contribution in [2.24, 2.45) is 16.8 Å². The maximum atomic E-state index is 13.5. The summed E-state index contributed by atoms with van der Waals surface area (Å²) < 4.78 is 6.30. The molecule has 0 spiro atoms. The Labute approximate surface area is 215 Å². The molecule has 0 radical (unpaired) electrons. The van der Waals surface area contributed by atoms with Crippen molar-refractivity contribution >= 4 is 23.6 Å². The fourth-order valence-electron chi connectivity index (χ4n) is 6.46. The third-order valence-electron chi connectivity index (χ3n) is 8.64. The Hall–Kier alpha value is -1.90. The monoisotopic (exact) mass is 497 g/mol. The first-order valence-corrected chi connectivity index (χ1v) is 13.8. The van der Waals surface area contributed by atoms with Crippen molar-refractivity contribution in [3.63, 3.8) is 0 Å². The minimum atomic E-state index is -0.542. The zero-order valence-electron chi connectivity index (χ0n) is 21.8. The first kappa shape index (κ1) is 26.2. The summed E-state index contributed by atoms with van der Waals surface area (Å²) in [5.41, 5.74) is 3.13. The second-order valence-corrected chi connectivity index (χ2v) is 11.5. The van der Waals surface area contributed by atoms with E-state index in [4.69, 9.17) is 21.3 Å². The maximum absolute atomic E-state index is 13.5. The highest BCUT2D eigenvalue weighted by atomic mass is 35.5. The molecule has 0 N–H and O–H groups in total. The lowest BCUT2D eigenvalue weighted by Crippen LogP contribution is -2.45. The number of allylic oxidation sites excluding steroid dienone is 5. The van der Waals surface area contributed by atoms with Gasteiger partial charge in [-0.05, 0) is 102 Å². The number of halogens is 1. The molecule has 6 heteroatoms. The van der Waals surface area contributed by atoms with Gasteiger partial charge in [-0.1, -0.05) is 24.6 Å². The van der Waals surface area contributed by atoms with Gasteiger partial charge >= 0.3 is 0 Å². The summed E-state index contributed by atoms with van der Waals surface area (Å²) in [5, 5.41) is 9.84. The first-order chi connectivity index (χ1) is 16.8. The van der Waals surface area contributed by atoms with Crippen molar-refractivity contribution in [2.75, 3.05) is 13.2 Å². The number of rotatable bonds is 8. The molecule has 0 bridgehead atoms. The fraction of sp³-hybridized carbons (Fsp3) is 0.690. The van der Waals surface area contributed by atoms with Gasteiger partial charge in [0.1, 0.15) is 6.07 Å². The second-order valence-electron chi connectivity index (χ2n) is 11.1. The average Bonchev–Trinajstić information content (AvgIpc) is 3.04. The molecule has 190 valence electrons. The number of carbonyl (C=O) groups excluding carboxylic acids is 1.